The van der Waals surface area contributed by atoms with Crippen molar-refractivity contribution < 1.29 is 17.7 Å². The average Bonchev–Trinajstić information content (AvgIpc) is 2.33. The molecule has 0 aliphatic heterocycles. The highest BCUT2D eigenvalue weighted by Crippen LogP contribution is 2.29. The van der Waals surface area contributed by atoms with Crippen LogP contribution in [0.25, 0.3) is 0 Å². The molecule has 0 aliphatic rings. The van der Waals surface area contributed by atoms with E-state index < -0.39 is 34.7 Å². The van der Waals surface area contributed by atoms with E-state index in [2.05, 4.69) is 4.72 Å². The molecule has 0 spiro atoms. The monoisotopic (exact) mass is 307 g/mol. The largest absolute Gasteiger partial charge is 0.598 e. The predicted octanol–water partition coefficient (Wildman–Crippen LogP) is 4.12. The quantitative estimate of drug-likeness (QED) is 0.830. The fourth-order valence-corrected chi connectivity index (χ4v) is 2.46. The van der Waals surface area contributed by atoms with Crippen LogP contribution in [0.15, 0.2) is 30.3 Å². The number of benzene rings is 1. The summed E-state index contributed by atoms with van der Waals surface area (Å²) < 4.78 is 51.6. The average molecular weight is 307 g/mol. The first kappa shape index (κ1) is 17.3. The van der Waals surface area contributed by atoms with Gasteiger partial charge in [-0.15, -0.1) is 4.72 Å². The third-order valence-electron chi connectivity index (χ3n) is 2.72. The summed E-state index contributed by atoms with van der Waals surface area (Å²) in [7, 11) is 0. The van der Waals surface area contributed by atoms with E-state index in [0.717, 1.165) is 0 Å². The van der Waals surface area contributed by atoms with Gasteiger partial charge in [0.25, 0.3) is 0 Å². The van der Waals surface area contributed by atoms with E-state index in [1.165, 1.54) is 0 Å². The van der Waals surface area contributed by atoms with Gasteiger partial charge in [-0.1, -0.05) is 30.3 Å². The van der Waals surface area contributed by atoms with E-state index in [1.807, 2.05) is 0 Å². The second-order valence-electron chi connectivity index (χ2n) is 5.62. The summed E-state index contributed by atoms with van der Waals surface area (Å²) in [5, 5.41) is 0. The predicted molar refractivity (Wildman–Crippen MR) is 75.5 cm³/mol. The van der Waals surface area contributed by atoms with E-state index in [4.69, 9.17) is 0 Å². The molecule has 0 heterocycles. The van der Waals surface area contributed by atoms with Crippen LogP contribution in [0.3, 0.4) is 0 Å². The summed E-state index contributed by atoms with van der Waals surface area (Å²) in [6, 6.07) is 8.24. The van der Waals surface area contributed by atoms with Crippen molar-refractivity contribution in [2.75, 3.05) is 0 Å². The SMILES string of the molecule is CC(C)(C)[S+]([O-])N[C@@H](CCC(F)(F)F)c1ccccc1. The minimum Gasteiger partial charge on any atom is -0.598 e. The normalized spacial score (nSPS) is 15.9. The van der Waals surface area contributed by atoms with Crippen LogP contribution >= 0.6 is 0 Å². The van der Waals surface area contributed by atoms with E-state index in [0.29, 0.717) is 5.56 Å². The van der Waals surface area contributed by atoms with Gasteiger partial charge in [0.1, 0.15) is 4.75 Å². The van der Waals surface area contributed by atoms with Gasteiger partial charge in [-0.25, -0.2) is 0 Å². The molecule has 114 valence electrons. The molecule has 0 fully saturated rings. The lowest BCUT2D eigenvalue weighted by molar-refractivity contribution is -0.136. The Morgan fingerprint density at radius 2 is 1.70 bits per heavy atom. The van der Waals surface area contributed by atoms with Gasteiger partial charge in [0.05, 0.1) is 6.04 Å². The molecule has 0 aliphatic carbocycles. The van der Waals surface area contributed by atoms with Crippen molar-refractivity contribution >= 4 is 11.4 Å². The van der Waals surface area contributed by atoms with Gasteiger partial charge < -0.3 is 4.55 Å². The minimum atomic E-state index is -4.21. The molecule has 0 saturated heterocycles. The van der Waals surface area contributed by atoms with Gasteiger partial charge in [-0.05, 0) is 32.8 Å². The maximum absolute atomic E-state index is 12.4. The van der Waals surface area contributed by atoms with E-state index in [9.17, 15) is 17.7 Å². The topological polar surface area (TPSA) is 35.1 Å². The highest BCUT2D eigenvalue weighted by molar-refractivity contribution is 7.90. The Labute approximate surface area is 121 Å². The molecule has 1 aromatic carbocycles. The first-order valence-electron chi connectivity index (χ1n) is 6.39. The van der Waals surface area contributed by atoms with Crippen molar-refractivity contribution in [2.45, 2.75) is 50.6 Å². The second kappa shape index (κ2) is 6.83. The minimum absolute atomic E-state index is 0.130. The summed E-state index contributed by atoms with van der Waals surface area (Å²) in [6.07, 6.45) is -5.24. The zero-order valence-corrected chi connectivity index (χ0v) is 12.6. The molecule has 0 amide bonds. The smallest absolute Gasteiger partial charge is 0.389 e. The summed E-state index contributed by atoms with van der Waals surface area (Å²) in [5.41, 5.74) is 0.717. The molecule has 0 radical (unpaired) electrons. The second-order valence-corrected chi connectivity index (χ2v) is 7.61. The van der Waals surface area contributed by atoms with Gasteiger partial charge in [0, 0.05) is 17.8 Å². The molecule has 2 nitrogen and oxygen atoms in total. The van der Waals surface area contributed by atoms with E-state index in [1.54, 1.807) is 51.1 Å². The zero-order valence-electron chi connectivity index (χ0n) is 11.8. The van der Waals surface area contributed by atoms with Gasteiger partial charge in [0.15, 0.2) is 0 Å². The van der Waals surface area contributed by atoms with E-state index in [-0.39, 0.29) is 6.42 Å². The number of halogens is 3. The van der Waals surface area contributed by atoms with Crippen LogP contribution in [0.2, 0.25) is 0 Å². The van der Waals surface area contributed by atoms with Gasteiger partial charge in [0.2, 0.25) is 0 Å². The van der Waals surface area contributed by atoms with Crippen LogP contribution in [-0.4, -0.2) is 15.5 Å². The highest BCUT2D eigenvalue weighted by atomic mass is 32.2. The molecule has 1 aromatic rings. The fraction of sp³-hybridized carbons (Fsp3) is 0.571. The molecule has 0 saturated carbocycles. The van der Waals surface area contributed by atoms with Gasteiger partial charge >= 0.3 is 6.18 Å². The summed E-state index contributed by atoms with van der Waals surface area (Å²) in [5.74, 6) is 0. The molecule has 1 rings (SSSR count). The Balaban J connectivity index is 2.80. The standard InChI is InChI=1S/C14H20F3NOS/c1-13(2,3)20(19)18-12(9-10-14(15,16)17)11-7-5-4-6-8-11/h4-8,12,18H,9-10H2,1-3H3/t12-,20?/m0/s1. The molecule has 6 heteroatoms. The first-order chi connectivity index (χ1) is 9.09. The maximum Gasteiger partial charge on any atom is 0.389 e. The maximum atomic E-state index is 12.4. The van der Waals surface area contributed by atoms with Crippen molar-refractivity contribution in [3.05, 3.63) is 35.9 Å². The summed E-state index contributed by atoms with van der Waals surface area (Å²) in [4.78, 5) is 0. The molecule has 20 heavy (non-hydrogen) atoms. The van der Waals surface area contributed by atoms with Crippen molar-refractivity contribution in [1.82, 2.24) is 4.72 Å². The van der Waals surface area contributed by atoms with Gasteiger partial charge in [-0.3, -0.25) is 0 Å². The molecule has 2 atom stereocenters. The molecule has 0 aromatic heterocycles. The van der Waals surface area contributed by atoms with Crippen molar-refractivity contribution in [3.63, 3.8) is 0 Å². The highest BCUT2D eigenvalue weighted by Gasteiger charge is 2.33. The Morgan fingerprint density at radius 3 is 2.15 bits per heavy atom. The Kier molecular flexibility index (Phi) is 5.91. The number of nitrogens with one attached hydrogen (secondary N) is 1. The Morgan fingerprint density at radius 1 is 1.15 bits per heavy atom. The van der Waals surface area contributed by atoms with Crippen LogP contribution < -0.4 is 4.72 Å². The van der Waals surface area contributed by atoms with Crippen LogP contribution in [0.4, 0.5) is 13.2 Å². The van der Waals surface area contributed by atoms with E-state index >= 15 is 0 Å². The number of hydrogen-bond acceptors (Lipinski definition) is 2. The number of hydrogen-bond donors (Lipinski definition) is 1. The van der Waals surface area contributed by atoms with Crippen LogP contribution in [0.5, 0.6) is 0 Å². The molecule has 1 N–H and O–H groups in total. The van der Waals surface area contributed by atoms with Gasteiger partial charge in [-0.2, -0.15) is 13.2 Å². The molecular formula is C14H20F3NOS. The molecule has 0 bridgehead atoms. The third kappa shape index (κ3) is 6.15. The first-order valence-corrected chi connectivity index (χ1v) is 7.54. The number of alkyl halides is 3. The van der Waals surface area contributed by atoms with Crippen LogP contribution in [0, 0.1) is 0 Å². The molecular weight excluding hydrogens is 287 g/mol. The van der Waals surface area contributed by atoms with Crippen molar-refractivity contribution in [2.24, 2.45) is 0 Å². The Bertz CT molecular complexity index is 403. The van der Waals surface area contributed by atoms with Crippen molar-refractivity contribution in [3.8, 4) is 0 Å². The number of rotatable bonds is 5. The van der Waals surface area contributed by atoms with Crippen LogP contribution in [0.1, 0.15) is 45.2 Å². The Hall–Kier alpha value is -0.720. The lowest BCUT2D eigenvalue weighted by atomic mass is 10.0. The summed E-state index contributed by atoms with van der Waals surface area (Å²) >= 11 is -1.41. The lowest BCUT2D eigenvalue weighted by Crippen LogP contribution is -2.41. The van der Waals surface area contributed by atoms with Crippen LogP contribution in [-0.2, 0) is 11.4 Å². The lowest BCUT2D eigenvalue weighted by Gasteiger charge is -2.28. The van der Waals surface area contributed by atoms with Crippen molar-refractivity contribution in [1.29, 1.82) is 0 Å². The fourth-order valence-electron chi connectivity index (χ4n) is 1.59. The summed E-state index contributed by atoms with van der Waals surface area (Å²) in [6.45, 7) is 5.34. The third-order valence-corrected chi connectivity index (χ3v) is 4.33. The zero-order chi connectivity index (χ0) is 15.4. The molecule has 1 unspecified atom stereocenters.